The van der Waals surface area contributed by atoms with Crippen molar-refractivity contribution in [1.29, 1.82) is 0 Å². The zero-order valence-electron chi connectivity index (χ0n) is 12.4. The van der Waals surface area contributed by atoms with Crippen LogP contribution in [0.2, 0.25) is 0 Å². The molecule has 0 saturated carbocycles. The van der Waals surface area contributed by atoms with Gasteiger partial charge in [0.1, 0.15) is 6.04 Å². The Kier molecular flexibility index (Phi) is 5.59. The van der Waals surface area contributed by atoms with Crippen molar-refractivity contribution >= 4 is 5.97 Å². The highest BCUT2D eigenvalue weighted by Crippen LogP contribution is 2.15. The standard InChI is InChI=1S/C15H25N3O2/c1-3-4-5-6-7-11(2)20-15(19)13-8-12-14(9-16-13)18-10-17-12/h10-11,13,16H,3-9H2,1-2H3,(H,17,18). The fraction of sp³-hybridized carbons (Fsp3) is 0.733. The normalized spacial score (nSPS) is 19.4. The van der Waals surface area contributed by atoms with Crippen LogP contribution < -0.4 is 5.32 Å². The van der Waals surface area contributed by atoms with Crippen molar-refractivity contribution < 1.29 is 9.53 Å². The Morgan fingerprint density at radius 3 is 3.15 bits per heavy atom. The number of hydrogen-bond donors (Lipinski definition) is 2. The van der Waals surface area contributed by atoms with Crippen LogP contribution in [-0.4, -0.2) is 28.1 Å². The topological polar surface area (TPSA) is 67.0 Å². The molecule has 112 valence electrons. The van der Waals surface area contributed by atoms with Gasteiger partial charge >= 0.3 is 5.97 Å². The number of aromatic nitrogens is 2. The molecule has 0 saturated heterocycles. The lowest BCUT2D eigenvalue weighted by atomic mass is 10.1. The van der Waals surface area contributed by atoms with Gasteiger partial charge in [0.2, 0.25) is 0 Å². The molecule has 1 aliphatic rings. The molecule has 1 aromatic heterocycles. The number of hydrogen-bond acceptors (Lipinski definition) is 4. The minimum Gasteiger partial charge on any atom is -0.462 e. The van der Waals surface area contributed by atoms with Crippen LogP contribution in [0.4, 0.5) is 0 Å². The van der Waals surface area contributed by atoms with E-state index in [0.717, 1.165) is 24.2 Å². The summed E-state index contributed by atoms with van der Waals surface area (Å²) in [6.45, 7) is 4.83. The van der Waals surface area contributed by atoms with Gasteiger partial charge in [0.25, 0.3) is 0 Å². The van der Waals surface area contributed by atoms with Gasteiger partial charge in [-0.3, -0.25) is 10.1 Å². The molecule has 2 unspecified atom stereocenters. The quantitative estimate of drug-likeness (QED) is 0.594. The molecule has 0 amide bonds. The molecule has 1 aliphatic heterocycles. The van der Waals surface area contributed by atoms with E-state index < -0.39 is 0 Å². The van der Waals surface area contributed by atoms with Crippen LogP contribution in [-0.2, 0) is 22.5 Å². The fourth-order valence-electron chi connectivity index (χ4n) is 2.53. The molecule has 0 aliphatic carbocycles. The zero-order valence-corrected chi connectivity index (χ0v) is 12.4. The first-order valence-electron chi connectivity index (χ1n) is 7.65. The maximum atomic E-state index is 12.1. The number of fused-ring (bicyclic) bond motifs is 1. The molecule has 0 fully saturated rings. The molecule has 0 aromatic carbocycles. The molecule has 20 heavy (non-hydrogen) atoms. The van der Waals surface area contributed by atoms with Crippen LogP contribution in [0.25, 0.3) is 0 Å². The summed E-state index contributed by atoms with van der Waals surface area (Å²) in [5.74, 6) is -0.151. The summed E-state index contributed by atoms with van der Waals surface area (Å²) >= 11 is 0. The number of carbonyl (C=O) groups excluding carboxylic acids is 1. The third-order valence-electron chi connectivity index (χ3n) is 3.80. The Labute approximate surface area is 120 Å². The first-order valence-corrected chi connectivity index (χ1v) is 7.65. The number of ether oxygens (including phenoxy) is 1. The molecule has 0 bridgehead atoms. The van der Waals surface area contributed by atoms with Crippen molar-refractivity contribution in [2.75, 3.05) is 0 Å². The third-order valence-corrected chi connectivity index (χ3v) is 3.80. The summed E-state index contributed by atoms with van der Waals surface area (Å²) in [6, 6.07) is -0.260. The molecule has 5 nitrogen and oxygen atoms in total. The highest BCUT2D eigenvalue weighted by Gasteiger charge is 2.27. The lowest BCUT2D eigenvalue weighted by Gasteiger charge is -2.23. The van der Waals surface area contributed by atoms with Crippen LogP contribution in [0.15, 0.2) is 6.33 Å². The fourth-order valence-corrected chi connectivity index (χ4v) is 2.53. The number of nitrogens with one attached hydrogen (secondary N) is 2. The molecule has 2 N–H and O–H groups in total. The Morgan fingerprint density at radius 1 is 1.50 bits per heavy atom. The van der Waals surface area contributed by atoms with E-state index in [-0.39, 0.29) is 18.1 Å². The minimum absolute atomic E-state index is 0.00161. The smallest absolute Gasteiger partial charge is 0.323 e. The lowest BCUT2D eigenvalue weighted by molar-refractivity contribution is -0.151. The highest BCUT2D eigenvalue weighted by atomic mass is 16.5. The largest absolute Gasteiger partial charge is 0.462 e. The van der Waals surface area contributed by atoms with Crippen LogP contribution in [0.5, 0.6) is 0 Å². The van der Waals surface area contributed by atoms with Gasteiger partial charge < -0.3 is 9.72 Å². The van der Waals surface area contributed by atoms with E-state index in [2.05, 4.69) is 22.2 Å². The molecule has 0 radical (unpaired) electrons. The van der Waals surface area contributed by atoms with Gasteiger partial charge in [-0.05, 0) is 19.8 Å². The maximum Gasteiger partial charge on any atom is 0.323 e. The van der Waals surface area contributed by atoms with Gasteiger partial charge in [-0.1, -0.05) is 26.2 Å². The maximum absolute atomic E-state index is 12.1. The second kappa shape index (κ2) is 7.43. The van der Waals surface area contributed by atoms with Crippen molar-refractivity contribution in [2.24, 2.45) is 0 Å². The summed E-state index contributed by atoms with van der Waals surface area (Å²) in [5.41, 5.74) is 2.04. The summed E-state index contributed by atoms with van der Waals surface area (Å²) in [4.78, 5) is 19.4. The van der Waals surface area contributed by atoms with E-state index in [1.807, 2.05) is 6.92 Å². The molecular formula is C15H25N3O2. The van der Waals surface area contributed by atoms with Crippen molar-refractivity contribution in [1.82, 2.24) is 15.3 Å². The van der Waals surface area contributed by atoms with Crippen molar-refractivity contribution in [3.63, 3.8) is 0 Å². The van der Waals surface area contributed by atoms with E-state index in [1.54, 1.807) is 6.33 Å². The molecule has 2 rings (SSSR count). The monoisotopic (exact) mass is 279 g/mol. The average Bonchev–Trinajstić information content (AvgIpc) is 2.90. The number of unbranched alkanes of at least 4 members (excludes halogenated alkanes) is 3. The molecule has 2 heterocycles. The van der Waals surface area contributed by atoms with Crippen LogP contribution in [0, 0.1) is 0 Å². The number of aromatic amines is 1. The SMILES string of the molecule is CCCCCCC(C)OC(=O)C1Cc2nc[nH]c2CN1. The minimum atomic E-state index is -0.260. The number of esters is 1. The molecule has 0 spiro atoms. The van der Waals surface area contributed by atoms with E-state index in [4.69, 9.17) is 4.74 Å². The summed E-state index contributed by atoms with van der Waals surface area (Å²) < 4.78 is 5.52. The molecule has 1 aromatic rings. The van der Waals surface area contributed by atoms with Gasteiger partial charge in [-0.15, -0.1) is 0 Å². The van der Waals surface area contributed by atoms with E-state index in [9.17, 15) is 4.79 Å². The van der Waals surface area contributed by atoms with E-state index in [1.165, 1.54) is 19.3 Å². The predicted molar refractivity (Wildman–Crippen MR) is 77.2 cm³/mol. The Morgan fingerprint density at radius 2 is 2.35 bits per heavy atom. The molecular weight excluding hydrogens is 254 g/mol. The zero-order chi connectivity index (χ0) is 14.4. The number of carbonyl (C=O) groups is 1. The van der Waals surface area contributed by atoms with Crippen molar-refractivity contribution in [3.05, 3.63) is 17.7 Å². The van der Waals surface area contributed by atoms with Gasteiger partial charge in [-0.2, -0.15) is 0 Å². The first kappa shape index (κ1) is 15.0. The number of nitrogens with zero attached hydrogens (tertiary/aromatic N) is 1. The van der Waals surface area contributed by atoms with Crippen molar-refractivity contribution in [2.45, 2.75) is 71.1 Å². The van der Waals surface area contributed by atoms with Gasteiger partial charge in [0.05, 0.1) is 23.8 Å². The average molecular weight is 279 g/mol. The predicted octanol–water partition coefficient (Wildman–Crippen LogP) is 2.33. The van der Waals surface area contributed by atoms with Crippen LogP contribution in [0.3, 0.4) is 0 Å². The summed E-state index contributed by atoms with van der Waals surface area (Å²) in [6.07, 6.45) is 8.07. The number of imidazole rings is 1. The summed E-state index contributed by atoms with van der Waals surface area (Å²) in [7, 11) is 0. The lowest BCUT2D eigenvalue weighted by Crippen LogP contribution is -2.43. The number of H-pyrrole nitrogens is 1. The second-order valence-electron chi connectivity index (χ2n) is 5.56. The van der Waals surface area contributed by atoms with Crippen molar-refractivity contribution in [3.8, 4) is 0 Å². The Balaban J connectivity index is 1.72. The molecule has 5 heteroatoms. The molecule has 2 atom stereocenters. The Bertz CT molecular complexity index is 431. The first-order chi connectivity index (χ1) is 9.70. The highest BCUT2D eigenvalue weighted by molar-refractivity contribution is 5.76. The van der Waals surface area contributed by atoms with Gasteiger partial charge in [-0.25, -0.2) is 4.98 Å². The van der Waals surface area contributed by atoms with E-state index in [0.29, 0.717) is 13.0 Å². The number of rotatable bonds is 7. The van der Waals surface area contributed by atoms with Gasteiger partial charge in [0.15, 0.2) is 0 Å². The van der Waals surface area contributed by atoms with E-state index >= 15 is 0 Å². The van der Waals surface area contributed by atoms with Crippen LogP contribution >= 0.6 is 0 Å². The van der Waals surface area contributed by atoms with Gasteiger partial charge in [0, 0.05) is 13.0 Å². The van der Waals surface area contributed by atoms with Crippen LogP contribution in [0.1, 0.15) is 57.3 Å². The third kappa shape index (κ3) is 4.07. The summed E-state index contributed by atoms with van der Waals surface area (Å²) in [5, 5.41) is 3.20. The second-order valence-corrected chi connectivity index (χ2v) is 5.56. The Hall–Kier alpha value is -1.36.